The molecule has 0 radical (unpaired) electrons. The van der Waals surface area contributed by atoms with Gasteiger partial charge < -0.3 is 10.5 Å². The number of carbonyl (C=O) groups is 1. The van der Waals surface area contributed by atoms with Crippen molar-refractivity contribution in [2.24, 2.45) is 5.73 Å². The summed E-state index contributed by atoms with van der Waals surface area (Å²) in [5, 5.41) is 0. The van der Waals surface area contributed by atoms with Gasteiger partial charge in [-0.05, 0) is 30.9 Å². The summed E-state index contributed by atoms with van der Waals surface area (Å²) in [4.78, 5) is 12.1. The lowest BCUT2D eigenvalue weighted by atomic mass is 10.0. The molecule has 0 aromatic heterocycles. The molecule has 2 N–H and O–H groups in total. The maximum atomic E-state index is 13.7. The molecule has 0 fully saturated rings. The van der Waals surface area contributed by atoms with Crippen LogP contribution < -0.4 is 5.73 Å². The van der Waals surface area contributed by atoms with E-state index >= 15 is 0 Å². The first kappa shape index (κ1) is 14.9. The molecular weight excluding hydrogens is 260 g/mol. The molecule has 18 heavy (non-hydrogen) atoms. The van der Waals surface area contributed by atoms with Crippen molar-refractivity contribution >= 4 is 17.7 Å². The van der Waals surface area contributed by atoms with E-state index in [1.807, 2.05) is 6.26 Å². The first-order valence-electron chi connectivity index (χ1n) is 5.38. The Bertz CT molecular complexity index is 409. The fourth-order valence-electron chi connectivity index (χ4n) is 1.37. The van der Waals surface area contributed by atoms with Crippen LogP contribution >= 0.6 is 11.8 Å². The lowest BCUT2D eigenvalue weighted by Gasteiger charge is -2.21. The molecule has 0 heterocycles. The molecule has 0 unspecified atom stereocenters. The molecule has 0 aliphatic heterocycles. The van der Waals surface area contributed by atoms with Gasteiger partial charge >= 0.3 is 11.9 Å². The molecule has 100 valence electrons. The minimum absolute atomic E-state index is 0.105. The summed E-state index contributed by atoms with van der Waals surface area (Å²) >= 11 is 1.49. The highest BCUT2D eigenvalue weighted by Crippen LogP contribution is 2.31. The van der Waals surface area contributed by atoms with Gasteiger partial charge in [0.05, 0.1) is 6.61 Å². The van der Waals surface area contributed by atoms with E-state index in [9.17, 15) is 13.6 Å². The van der Waals surface area contributed by atoms with Gasteiger partial charge in [0.2, 0.25) is 0 Å². The lowest BCUT2D eigenvalue weighted by Crippen LogP contribution is -2.41. The largest absolute Gasteiger partial charge is 0.462 e. The zero-order valence-electron chi connectivity index (χ0n) is 10.2. The topological polar surface area (TPSA) is 52.3 Å². The van der Waals surface area contributed by atoms with Gasteiger partial charge in [0.1, 0.15) is 6.04 Å². The van der Waals surface area contributed by atoms with Gasteiger partial charge in [-0.3, -0.25) is 0 Å². The number of alkyl halides is 2. The van der Waals surface area contributed by atoms with Crippen LogP contribution in [0.15, 0.2) is 29.2 Å². The Morgan fingerprint density at radius 1 is 1.44 bits per heavy atom. The Morgan fingerprint density at radius 3 is 2.44 bits per heavy atom. The fourth-order valence-corrected chi connectivity index (χ4v) is 1.78. The normalized spacial score (nSPS) is 13.2. The summed E-state index contributed by atoms with van der Waals surface area (Å²) < 4.78 is 31.6. The van der Waals surface area contributed by atoms with E-state index in [0.29, 0.717) is 0 Å². The summed E-state index contributed by atoms with van der Waals surface area (Å²) in [7, 11) is 0. The van der Waals surface area contributed by atoms with Crippen molar-refractivity contribution in [2.75, 3.05) is 12.9 Å². The summed E-state index contributed by atoms with van der Waals surface area (Å²) in [5.74, 6) is -5.32. The Hall–Kier alpha value is -1.14. The lowest BCUT2D eigenvalue weighted by molar-refractivity contribution is -0.174. The molecule has 0 amide bonds. The number of rotatable bonds is 5. The van der Waals surface area contributed by atoms with Crippen molar-refractivity contribution in [2.45, 2.75) is 23.8 Å². The van der Waals surface area contributed by atoms with Crippen molar-refractivity contribution in [1.82, 2.24) is 0 Å². The van der Waals surface area contributed by atoms with E-state index in [0.717, 1.165) is 4.90 Å². The van der Waals surface area contributed by atoms with Crippen LogP contribution in [-0.4, -0.2) is 24.8 Å². The van der Waals surface area contributed by atoms with Gasteiger partial charge in [0.15, 0.2) is 0 Å². The minimum Gasteiger partial charge on any atom is -0.462 e. The van der Waals surface area contributed by atoms with Crippen molar-refractivity contribution in [3.05, 3.63) is 29.8 Å². The van der Waals surface area contributed by atoms with Gasteiger partial charge in [-0.25, -0.2) is 4.79 Å². The summed E-state index contributed by atoms with van der Waals surface area (Å²) in [6.45, 7) is 1.36. The summed E-state index contributed by atoms with van der Waals surface area (Å²) in [5.41, 5.74) is 5.64. The molecule has 0 aliphatic carbocycles. The van der Waals surface area contributed by atoms with Crippen LogP contribution in [0.1, 0.15) is 18.5 Å². The maximum absolute atomic E-state index is 13.7. The standard InChI is InChI=1S/C12H15F2NO2S/c1-3-17-11(16)12(13,14)10(15)8-4-6-9(18-2)7-5-8/h4-7,10H,3,15H2,1-2H3/t10-/m1/s1. The first-order chi connectivity index (χ1) is 8.43. The molecule has 0 aliphatic rings. The molecule has 1 rings (SSSR count). The molecule has 1 aromatic carbocycles. The fraction of sp³-hybridized carbons (Fsp3) is 0.417. The second-order valence-corrected chi connectivity index (χ2v) is 4.47. The van der Waals surface area contributed by atoms with Gasteiger partial charge in [0, 0.05) is 4.90 Å². The SMILES string of the molecule is CCOC(=O)C(F)(F)[C@H](N)c1ccc(SC)cc1. The second kappa shape index (κ2) is 6.15. The van der Waals surface area contributed by atoms with Crippen LogP contribution in [0.4, 0.5) is 8.78 Å². The van der Waals surface area contributed by atoms with Gasteiger partial charge in [-0.15, -0.1) is 11.8 Å². The zero-order valence-corrected chi connectivity index (χ0v) is 11.0. The third kappa shape index (κ3) is 3.20. The smallest absolute Gasteiger partial charge is 0.379 e. The van der Waals surface area contributed by atoms with E-state index in [4.69, 9.17) is 5.73 Å². The van der Waals surface area contributed by atoms with E-state index in [-0.39, 0.29) is 12.2 Å². The van der Waals surface area contributed by atoms with E-state index in [2.05, 4.69) is 4.74 Å². The number of hydrogen-bond acceptors (Lipinski definition) is 4. The van der Waals surface area contributed by atoms with Crippen molar-refractivity contribution in [3.63, 3.8) is 0 Å². The molecule has 0 saturated heterocycles. The number of ether oxygens (including phenoxy) is 1. The van der Waals surface area contributed by atoms with Crippen LogP contribution in [0, 0.1) is 0 Å². The average Bonchev–Trinajstić information content (AvgIpc) is 2.38. The van der Waals surface area contributed by atoms with Crippen LogP contribution in [-0.2, 0) is 9.53 Å². The Morgan fingerprint density at radius 2 is 2.00 bits per heavy atom. The van der Waals surface area contributed by atoms with Crippen molar-refractivity contribution in [3.8, 4) is 0 Å². The van der Waals surface area contributed by atoms with Crippen molar-refractivity contribution < 1.29 is 18.3 Å². The Balaban J connectivity index is 2.90. The molecule has 1 aromatic rings. The van der Waals surface area contributed by atoms with Crippen LogP contribution in [0.2, 0.25) is 0 Å². The van der Waals surface area contributed by atoms with Gasteiger partial charge in [-0.1, -0.05) is 12.1 Å². The predicted molar refractivity (Wildman–Crippen MR) is 66.7 cm³/mol. The molecular formula is C12H15F2NO2S. The van der Waals surface area contributed by atoms with E-state index in [1.54, 1.807) is 12.1 Å². The highest BCUT2D eigenvalue weighted by atomic mass is 32.2. The highest BCUT2D eigenvalue weighted by Gasteiger charge is 2.47. The van der Waals surface area contributed by atoms with Gasteiger partial charge in [0.25, 0.3) is 0 Å². The van der Waals surface area contributed by atoms with E-state index < -0.39 is 17.9 Å². The molecule has 1 atom stereocenters. The second-order valence-electron chi connectivity index (χ2n) is 3.59. The zero-order chi connectivity index (χ0) is 13.8. The van der Waals surface area contributed by atoms with Crippen molar-refractivity contribution in [1.29, 1.82) is 0 Å². The quantitative estimate of drug-likeness (QED) is 0.663. The van der Waals surface area contributed by atoms with E-state index in [1.165, 1.54) is 30.8 Å². The van der Waals surface area contributed by atoms with Gasteiger partial charge in [-0.2, -0.15) is 8.78 Å². The molecule has 6 heteroatoms. The predicted octanol–water partition coefficient (Wildman–Crippen LogP) is 2.61. The van der Waals surface area contributed by atoms with Crippen LogP contribution in [0.5, 0.6) is 0 Å². The Kier molecular flexibility index (Phi) is 5.10. The maximum Gasteiger partial charge on any atom is 0.379 e. The number of halogens is 2. The first-order valence-corrected chi connectivity index (χ1v) is 6.60. The van der Waals surface area contributed by atoms with Crippen LogP contribution in [0.3, 0.4) is 0 Å². The number of thioether (sulfide) groups is 1. The highest BCUT2D eigenvalue weighted by molar-refractivity contribution is 7.98. The minimum atomic E-state index is -3.73. The Labute approximate surface area is 109 Å². The van der Waals surface area contributed by atoms with Crippen LogP contribution in [0.25, 0.3) is 0 Å². The number of esters is 1. The summed E-state index contributed by atoms with van der Waals surface area (Å²) in [6.07, 6.45) is 1.88. The number of nitrogens with two attached hydrogens (primary N) is 1. The molecule has 0 saturated carbocycles. The molecule has 3 nitrogen and oxygen atoms in total. The number of benzene rings is 1. The number of carbonyl (C=O) groups excluding carboxylic acids is 1. The average molecular weight is 275 g/mol. The third-order valence-corrected chi connectivity index (χ3v) is 3.16. The third-order valence-electron chi connectivity index (χ3n) is 2.41. The summed E-state index contributed by atoms with van der Waals surface area (Å²) in [6, 6.07) is 4.64. The molecule has 0 spiro atoms. The molecule has 0 bridgehead atoms. The number of hydrogen-bond donors (Lipinski definition) is 1. The monoisotopic (exact) mass is 275 g/mol.